The third-order valence-electron chi connectivity index (χ3n) is 5.07. The van der Waals surface area contributed by atoms with Crippen molar-refractivity contribution in [2.75, 3.05) is 0 Å². The Morgan fingerprint density at radius 1 is 1.00 bits per heavy atom. The molecule has 35 heavy (non-hydrogen) atoms. The summed E-state index contributed by atoms with van der Waals surface area (Å²) in [5, 5.41) is 9.61. The summed E-state index contributed by atoms with van der Waals surface area (Å²) in [6.45, 7) is 3.47. The zero-order valence-electron chi connectivity index (χ0n) is 19.1. The molecule has 0 aliphatic heterocycles. The molecule has 0 bridgehead atoms. The Morgan fingerprint density at radius 3 is 2.34 bits per heavy atom. The maximum Gasteiger partial charge on any atom is 0.416 e. The Hall–Kier alpha value is -4.12. The third kappa shape index (κ3) is 6.93. The van der Waals surface area contributed by atoms with E-state index in [-0.39, 0.29) is 23.1 Å². The number of carbonyl (C=O) groups is 1. The van der Waals surface area contributed by atoms with Crippen molar-refractivity contribution < 1.29 is 27.4 Å². The zero-order valence-corrected chi connectivity index (χ0v) is 19.1. The van der Waals surface area contributed by atoms with Crippen LogP contribution in [0.5, 0.6) is 11.6 Å². The van der Waals surface area contributed by atoms with Crippen LogP contribution in [0.25, 0.3) is 6.08 Å². The predicted molar refractivity (Wildman–Crippen MR) is 124 cm³/mol. The van der Waals surface area contributed by atoms with Crippen LogP contribution in [0.2, 0.25) is 0 Å². The zero-order chi connectivity index (χ0) is 25.4. The first-order valence-electron chi connectivity index (χ1n) is 10.8. The van der Waals surface area contributed by atoms with Gasteiger partial charge in [-0.15, -0.1) is 0 Å². The maximum absolute atomic E-state index is 13.3. The van der Waals surface area contributed by atoms with Gasteiger partial charge in [0.05, 0.1) is 17.2 Å². The second-order valence-corrected chi connectivity index (χ2v) is 7.98. The van der Waals surface area contributed by atoms with E-state index < -0.39 is 29.7 Å². The fourth-order valence-electron chi connectivity index (χ4n) is 3.27. The molecular weight excluding hydrogens is 457 g/mol. The number of hydrogen-bond acceptors (Lipinski definition) is 5. The molecule has 3 rings (SSSR count). The molecular formula is C27H23F3N2O3. The molecule has 0 spiro atoms. The lowest BCUT2D eigenvalue weighted by Gasteiger charge is -2.19. The second kappa shape index (κ2) is 11.3. The van der Waals surface area contributed by atoms with Crippen molar-refractivity contribution in [1.82, 2.24) is 4.98 Å². The van der Waals surface area contributed by atoms with Gasteiger partial charge in [-0.25, -0.2) is 4.98 Å². The van der Waals surface area contributed by atoms with Gasteiger partial charge >= 0.3 is 12.1 Å². The summed E-state index contributed by atoms with van der Waals surface area (Å²) >= 11 is 0. The number of carbonyl (C=O) groups excluding carboxylic acids is 1. The van der Waals surface area contributed by atoms with E-state index in [2.05, 4.69) is 4.98 Å². The Morgan fingerprint density at radius 2 is 1.69 bits per heavy atom. The number of benzene rings is 2. The number of rotatable bonds is 8. The topological polar surface area (TPSA) is 72.2 Å². The Bertz CT molecular complexity index is 1220. The second-order valence-electron chi connectivity index (χ2n) is 7.98. The van der Waals surface area contributed by atoms with Gasteiger partial charge in [-0.3, -0.25) is 4.79 Å². The van der Waals surface area contributed by atoms with Gasteiger partial charge in [-0.2, -0.15) is 18.4 Å². The molecule has 2 unspecified atom stereocenters. The highest BCUT2D eigenvalue weighted by Gasteiger charge is 2.32. The first-order chi connectivity index (χ1) is 16.7. The average Bonchev–Trinajstić information content (AvgIpc) is 2.83. The quantitative estimate of drug-likeness (QED) is 0.325. The van der Waals surface area contributed by atoms with Crippen LogP contribution in [0, 0.1) is 23.2 Å². The number of esters is 1. The summed E-state index contributed by atoms with van der Waals surface area (Å²) < 4.78 is 50.9. The van der Waals surface area contributed by atoms with E-state index in [4.69, 9.17) is 9.47 Å². The van der Waals surface area contributed by atoms with Crippen molar-refractivity contribution >= 4 is 12.0 Å². The van der Waals surface area contributed by atoms with Crippen molar-refractivity contribution in [1.29, 1.82) is 5.26 Å². The fourth-order valence-corrected chi connectivity index (χ4v) is 3.27. The summed E-state index contributed by atoms with van der Waals surface area (Å²) in [6, 6.07) is 20.6. The predicted octanol–water partition coefficient (Wildman–Crippen LogP) is 6.99. The van der Waals surface area contributed by atoms with Crippen molar-refractivity contribution in [2.24, 2.45) is 11.8 Å². The van der Waals surface area contributed by atoms with Gasteiger partial charge in [0.2, 0.25) is 12.0 Å². The van der Waals surface area contributed by atoms with E-state index in [0.717, 1.165) is 6.07 Å². The first kappa shape index (κ1) is 25.5. The average molecular weight is 480 g/mol. The highest BCUT2D eigenvalue weighted by molar-refractivity contribution is 5.77. The molecule has 0 aliphatic carbocycles. The fraction of sp³-hybridized carbons (Fsp3) is 0.222. The molecule has 0 aliphatic rings. The van der Waals surface area contributed by atoms with Gasteiger partial charge in [0.15, 0.2) is 0 Å². The molecule has 0 amide bonds. The van der Waals surface area contributed by atoms with E-state index in [0.29, 0.717) is 5.75 Å². The van der Waals surface area contributed by atoms with Gasteiger partial charge in [-0.1, -0.05) is 68.5 Å². The maximum atomic E-state index is 13.3. The molecule has 3 aromatic rings. The van der Waals surface area contributed by atoms with Crippen LogP contribution in [0.4, 0.5) is 13.2 Å². The number of hydrogen-bond donors (Lipinski definition) is 0. The van der Waals surface area contributed by atoms with Gasteiger partial charge in [-0.05, 0) is 35.7 Å². The Balaban J connectivity index is 1.78. The molecule has 1 aromatic heterocycles. The summed E-state index contributed by atoms with van der Waals surface area (Å²) in [7, 11) is 0. The number of halogens is 3. The minimum atomic E-state index is -4.53. The normalized spacial score (nSPS) is 13.3. The lowest BCUT2D eigenvalue weighted by molar-refractivity contribution is -0.151. The van der Waals surface area contributed by atoms with E-state index in [9.17, 15) is 23.2 Å². The van der Waals surface area contributed by atoms with Crippen LogP contribution in [0.3, 0.4) is 0 Å². The summed E-state index contributed by atoms with van der Waals surface area (Å²) in [5.74, 6) is -1.16. The number of ether oxygens (including phenoxy) is 2. The van der Waals surface area contributed by atoms with Crippen LogP contribution in [0.1, 0.15) is 36.8 Å². The Labute approximate surface area is 201 Å². The third-order valence-corrected chi connectivity index (χ3v) is 5.07. The van der Waals surface area contributed by atoms with Gasteiger partial charge < -0.3 is 9.47 Å². The largest absolute Gasteiger partial charge is 0.440 e. The monoisotopic (exact) mass is 480 g/mol. The molecule has 5 nitrogen and oxygen atoms in total. The molecule has 1 heterocycles. The number of alkyl halides is 3. The molecule has 180 valence electrons. The number of aromatic nitrogens is 1. The molecule has 0 saturated heterocycles. The highest BCUT2D eigenvalue weighted by Crippen LogP contribution is 2.33. The number of pyridine rings is 1. The van der Waals surface area contributed by atoms with E-state index in [1.807, 2.05) is 12.1 Å². The molecule has 0 radical (unpaired) electrons. The van der Waals surface area contributed by atoms with Crippen molar-refractivity contribution in [3.05, 3.63) is 95.7 Å². The number of nitriles is 1. The number of nitrogens with zero attached hydrogens (tertiary/aromatic N) is 2. The minimum Gasteiger partial charge on any atom is -0.440 e. The van der Waals surface area contributed by atoms with Gasteiger partial charge in [0.1, 0.15) is 11.8 Å². The number of para-hydroxylation sites is 1. The summed E-state index contributed by atoms with van der Waals surface area (Å²) in [5.41, 5.74) is -0.702. The van der Waals surface area contributed by atoms with E-state index in [1.165, 1.54) is 36.4 Å². The van der Waals surface area contributed by atoms with Gasteiger partial charge in [0, 0.05) is 6.07 Å². The summed E-state index contributed by atoms with van der Waals surface area (Å²) in [6.07, 6.45) is -3.23. The van der Waals surface area contributed by atoms with Crippen molar-refractivity contribution in [3.63, 3.8) is 0 Å². The smallest absolute Gasteiger partial charge is 0.416 e. The molecule has 0 fully saturated rings. The SMILES string of the molecule is CC(C)C(/C=C/c1ccccc1C(F)(F)F)C(=O)OC(C#N)c1cccc(Oc2ccccc2)n1. The summed E-state index contributed by atoms with van der Waals surface area (Å²) in [4.78, 5) is 17.2. The molecule has 0 N–H and O–H groups in total. The van der Waals surface area contributed by atoms with Crippen molar-refractivity contribution in [3.8, 4) is 17.7 Å². The van der Waals surface area contributed by atoms with Crippen molar-refractivity contribution in [2.45, 2.75) is 26.1 Å². The first-order valence-corrected chi connectivity index (χ1v) is 10.8. The molecule has 2 atom stereocenters. The minimum absolute atomic E-state index is 0.0669. The highest BCUT2D eigenvalue weighted by atomic mass is 19.4. The lowest BCUT2D eigenvalue weighted by Crippen LogP contribution is -2.23. The van der Waals surface area contributed by atoms with Crippen LogP contribution >= 0.6 is 0 Å². The Kier molecular flexibility index (Phi) is 8.26. The van der Waals surface area contributed by atoms with E-state index >= 15 is 0 Å². The molecule has 8 heteroatoms. The van der Waals surface area contributed by atoms with E-state index in [1.54, 1.807) is 50.2 Å². The van der Waals surface area contributed by atoms with Gasteiger partial charge in [0.25, 0.3) is 0 Å². The van der Waals surface area contributed by atoms with Crippen LogP contribution in [-0.4, -0.2) is 11.0 Å². The van der Waals surface area contributed by atoms with Crippen LogP contribution in [0.15, 0.2) is 78.9 Å². The lowest BCUT2D eigenvalue weighted by atomic mass is 9.94. The standard InChI is InChI=1S/C27H23F3N2O3/c1-18(2)21(16-15-19-9-6-7-12-22(19)27(28,29)30)26(33)35-24(17-31)23-13-8-14-25(32-23)34-20-10-4-3-5-11-20/h3-16,18,21,24H,1-2H3/b16-15+. The van der Waals surface area contributed by atoms with Crippen LogP contribution < -0.4 is 4.74 Å². The van der Waals surface area contributed by atoms with Crippen LogP contribution in [-0.2, 0) is 15.7 Å². The molecule has 2 aromatic carbocycles. The molecule has 0 saturated carbocycles.